The Morgan fingerprint density at radius 2 is 2.06 bits per heavy atom. The molecule has 5 nitrogen and oxygen atoms in total. The molecule has 0 aromatic heterocycles. The summed E-state index contributed by atoms with van der Waals surface area (Å²) in [5.41, 5.74) is 1.49. The molecule has 166 valence electrons. The van der Waals surface area contributed by atoms with Crippen LogP contribution < -0.4 is 4.74 Å². The number of hydrogen-bond donors (Lipinski definition) is 1. The van der Waals surface area contributed by atoms with E-state index in [2.05, 4.69) is 0 Å². The predicted molar refractivity (Wildman–Crippen MR) is 118 cm³/mol. The lowest BCUT2D eigenvalue weighted by Crippen LogP contribution is -2.29. The van der Waals surface area contributed by atoms with Gasteiger partial charge in [-0.2, -0.15) is 8.78 Å². The van der Waals surface area contributed by atoms with Gasteiger partial charge in [-0.1, -0.05) is 36.5 Å². The molecule has 4 rings (SSSR count). The minimum Gasteiger partial charge on any atom is -0.481 e. The molecule has 2 saturated carbocycles. The molecule has 2 aliphatic carbocycles. The van der Waals surface area contributed by atoms with Gasteiger partial charge in [-0.25, -0.2) is 0 Å². The number of benzene rings is 1. The molecule has 31 heavy (non-hydrogen) atoms. The van der Waals surface area contributed by atoms with Gasteiger partial charge in [0.15, 0.2) is 0 Å². The molecule has 0 bridgehead atoms. The molecule has 0 spiro atoms. The lowest BCUT2D eigenvalue weighted by molar-refractivity contribution is -0.192. The van der Waals surface area contributed by atoms with Crippen LogP contribution in [0.1, 0.15) is 62.0 Å². The van der Waals surface area contributed by atoms with E-state index in [1.807, 2.05) is 6.07 Å². The summed E-state index contributed by atoms with van der Waals surface area (Å²) in [6.07, 6.45) is 2.73. The summed E-state index contributed by atoms with van der Waals surface area (Å²) in [4.78, 5) is 25.3. The van der Waals surface area contributed by atoms with E-state index in [1.54, 1.807) is 18.2 Å². The van der Waals surface area contributed by atoms with Crippen molar-refractivity contribution in [3.8, 4) is 5.75 Å². The number of thiocarbonyl (C=S) groups is 1. The average Bonchev–Trinajstić information content (AvgIpc) is 3.47. The molecule has 3 fully saturated rings. The van der Waals surface area contributed by atoms with Crippen molar-refractivity contribution in [2.75, 3.05) is 6.54 Å². The number of carbonyl (C=O) groups excluding carboxylic acids is 1. The summed E-state index contributed by atoms with van der Waals surface area (Å²) >= 11 is 6.44. The number of carboxylic acids is 1. The molecule has 9 heteroatoms. The Hall–Kier alpha value is -2.00. The Balaban J connectivity index is 1.52. The highest BCUT2D eigenvalue weighted by Gasteiger charge is 2.49. The molecule has 1 aromatic rings. The van der Waals surface area contributed by atoms with Crippen molar-refractivity contribution in [3.05, 3.63) is 34.2 Å². The maximum absolute atomic E-state index is 14.2. The van der Waals surface area contributed by atoms with Crippen molar-refractivity contribution in [1.29, 1.82) is 0 Å². The minimum absolute atomic E-state index is 0.0339. The van der Waals surface area contributed by atoms with Gasteiger partial charge >= 0.3 is 12.1 Å². The van der Waals surface area contributed by atoms with Crippen LogP contribution in [0.5, 0.6) is 5.75 Å². The highest BCUT2D eigenvalue weighted by atomic mass is 32.2. The molecule has 1 amide bonds. The molecule has 1 N–H and O–H groups in total. The Morgan fingerprint density at radius 1 is 1.32 bits per heavy atom. The van der Waals surface area contributed by atoms with E-state index in [1.165, 1.54) is 16.7 Å². The zero-order valence-electron chi connectivity index (χ0n) is 16.8. The van der Waals surface area contributed by atoms with Gasteiger partial charge in [0.2, 0.25) is 0 Å². The van der Waals surface area contributed by atoms with E-state index in [0.29, 0.717) is 28.5 Å². The molecular weight excluding hydrogens is 444 g/mol. The number of alkyl halides is 2. The third kappa shape index (κ3) is 5.09. The molecule has 0 atom stereocenters. The zero-order chi connectivity index (χ0) is 22.2. The fourth-order valence-corrected chi connectivity index (χ4v) is 4.98. The first-order chi connectivity index (χ1) is 14.7. The first-order valence-corrected chi connectivity index (χ1v) is 11.6. The molecule has 1 aliphatic heterocycles. The third-order valence-electron chi connectivity index (χ3n) is 5.82. The lowest BCUT2D eigenvalue weighted by Gasteiger charge is -2.29. The zero-order valence-corrected chi connectivity index (χ0v) is 18.4. The van der Waals surface area contributed by atoms with E-state index >= 15 is 0 Å². The number of rotatable bonds is 9. The number of nitrogens with zero attached hydrogens (tertiary/aromatic N) is 1. The quantitative estimate of drug-likeness (QED) is 0.387. The van der Waals surface area contributed by atoms with E-state index in [9.17, 15) is 18.4 Å². The van der Waals surface area contributed by atoms with Gasteiger partial charge in [-0.3, -0.25) is 14.5 Å². The lowest BCUT2D eigenvalue weighted by atomic mass is 9.79. The summed E-state index contributed by atoms with van der Waals surface area (Å²) in [6, 6.07) is 5.08. The van der Waals surface area contributed by atoms with Crippen LogP contribution in [-0.2, 0) is 9.59 Å². The number of carboxylic acid groups (broad SMARTS) is 1. The largest absolute Gasteiger partial charge is 0.481 e. The Kier molecular flexibility index (Phi) is 6.35. The summed E-state index contributed by atoms with van der Waals surface area (Å²) in [7, 11) is 0. The summed E-state index contributed by atoms with van der Waals surface area (Å²) < 4.78 is 34.0. The van der Waals surface area contributed by atoms with Crippen molar-refractivity contribution >= 4 is 46.3 Å². The van der Waals surface area contributed by atoms with Gasteiger partial charge in [-0.15, -0.1) is 0 Å². The number of halogens is 2. The second kappa shape index (κ2) is 8.86. The topological polar surface area (TPSA) is 66.8 Å². The highest BCUT2D eigenvalue weighted by molar-refractivity contribution is 8.26. The van der Waals surface area contributed by atoms with Crippen molar-refractivity contribution in [2.24, 2.45) is 5.92 Å². The Labute approximate surface area is 188 Å². The first-order valence-electron chi connectivity index (χ1n) is 10.4. The van der Waals surface area contributed by atoms with Gasteiger partial charge in [0.1, 0.15) is 10.1 Å². The molecule has 0 unspecified atom stereocenters. The monoisotopic (exact) mass is 467 g/mol. The standard InChI is InChI=1S/C22H23F2NO4S2/c23-22(24,15-7-8-15)29-17-9-6-13(11-16(17)14-3-1-4-14)12-18-20(28)25(21(30)31-18)10-2-5-19(26)27/h6,9,11-12,14-15H,1-5,7-8,10H2,(H,26,27)/b18-12-. The molecule has 0 radical (unpaired) electrons. The smallest absolute Gasteiger partial charge is 0.400 e. The fraction of sp³-hybridized carbons (Fsp3) is 0.500. The van der Waals surface area contributed by atoms with Crippen molar-refractivity contribution in [3.63, 3.8) is 0 Å². The van der Waals surface area contributed by atoms with Gasteiger partial charge in [0, 0.05) is 13.0 Å². The normalized spacial score (nSPS) is 21.0. The maximum Gasteiger partial charge on any atom is 0.400 e. The van der Waals surface area contributed by atoms with Gasteiger partial charge in [0.05, 0.1) is 10.8 Å². The van der Waals surface area contributed by atoms with Crippen LogP contribution in [0, 0.1) is 5.92 Å². The van der Waals surface area contributed by atoms with Crippen LogP contribution in [0.25, 0.3) is 6.08 Å². The third-order valence-corrected chi connectivity index (χ3v) is 7.20. The summed E-state index contributed by atoms with van der Waals surface area (Å²) in [5, 5.41) is 8.78. The molecule has 1 saturated heterocycles. The minimum atomic E-state index is -3.15. The van der Waals surface area contributed by atoms with Crippen LogP contribution in [0.3, 0.4) is 0 Å². The number of ether oxygens (including phenoxy) is 1. The van der Waals surface area contributed by atoms with Crippen LogP contribution in [0.2, 0.25) is 0 Å². The predicted octanol–water partition coefficient (Wildman–Crippen LogP) is 5.40. The summed E-state index contributed by atoms with van der Waals surface area (Å²) in [6.45, 7) is 0.255. The number of amides is 1. The molecular formula is C22H23F2NO4S2. The highest BCUT2D eigenvalue weighted by Crippen LogP contribution is 2.47. The van der Waals surface area contributed by atoms with Gasteiger partial charge < -0.3 is 9.84 Å². The van der Waals surface area contributed by atoms with Gasteiger partial charge in [0.25, 0.3) is 5.91 Å². The average molecular weight is 468 g/mol. The van der Waals surface area contributed by atoms with Gasteiger partial charge in [-0.05, 0) is 67.4 Å². The molecule has 1 heterocycles. The molecule has 1 aromatic carbocycles. The van der Waals surface area contributed by atoms with E-state index in [4.69, 9.17) is 22.1 Å². The van der Waals surface area contributed by atoms with E-state index in [0.717, 1.165) is 30.4 Å². The molecule has 3 aliphatic rings. The van der Waals surface area contributed by atoms with E-state index < -0.39 is 18.0 Å². The number of thioether (sulfide) groups is 1. The second-order valence-electron chi connectivity index (χ2n) is 8.19. The number of hydrogen-bond acceptors (Lipinski definition) is 5. The van der Waals surface area contributed by atoms with Crippen LogP contribution >= 0.6 is 24.0 Å². The number of carbonyl (C=O) groups is 2. The van der Waals surface area contributed by atoms with Crippen molar-refractivity contribution in [2.45, 2.75) is 57.0 Å². The fourth-order valence-electron chi connectivity index (χ4n) is 3.67. The second-order valence-corrected chi connectivity index (χ2v) is 9.87. The summed E-state index contributed by atoms with van der Waals surface area (Å²) in [5.74, 6) is -1.47. The van der Waals surface area contributed by atoms with Crippen LogP contribution in [0.15, 0.2) is 23.1 Å². The Morgan fingerprint density at radius 3 is 2.68 bits per heavy atom. The Bertz CT molecular complexity index is 941. The van der Waals surface area contributed by atoms with Crippen LogP contribution in [0.4, 0.5) is 8.78 Å². The van der Waals surface area contributed by atoms with Crippen molar-refractivity contribution < 1.29 is 28.2 Å². The van der Waals surface area contributed by atoms with Crippen molar-refractivity contribution in [1.82, 2.24) is 4.90 Å². The van der Waals surface area contributed by atoms with Crippen LogP contribution in [-0.4, -0.2) is 38.9 Å². The van der Waals surface area contributed by atoms with E-state index in [-0.39, 0.29) is 30.5 Å². The SMILES string of the molecule is O=C(O)CCCN1C(=O)/C(=C/c2ccc(OC(F)(F)C3CC3)c(C3CCC3)c2)SC1=S. The number of aliphatic carboxylic acids is 1. The maximum atomic E-state index is 14.2. The first kappa shape index (κ1) is 22.2.